The Labute approximate surface area is 245 Å². The number of aromatic nitrogens is 1. The Morgan fingerprint density at radius 2 is 1.17 bits per heavy atom. The van der Waals surface area contributed by atoms with E-state index in [1.165, 1.54) is 27.4 Å². The fourth-order valence-corrected chi connectivity index (χ4v) is 6.00. The Balaban J connectivity index is 0.00000141. The van der Waals surface area contributed by atoms with Gasteiger partial charge in [-0.2, -0.15) is 0 Å². The third kappa shape index (κ3) is 4.13. The van der Waals surface area contributed by atoms with Gasteiger partial charge in [-0.15, -0.1) is 0 Å². The molecular weight excluding hydrogens is 512 g/mol. The number of rotatable bonds is 4. The molecule has 6 aromatic carbocycles. The van der Waals surface area contributed by atoms with Crippen LogP contribution in [0.5, 0.6) is 0 Å². The summed E-state index contributed by atoms with van der Waals surface area (Å²) in [4.78, 5) is 0. The van der Waals surface area contributed by atoms with Gasteiger partial charge in [0.25, 0.3) is 0 Å². The van der Waals surface area contributed by atoms with E-state index in [9.17, 15) is 0 Å². The van der Waals surface area contributed by atoms with Crippen molar-refractivity contribution in [1.82, 2.24) is 4.57 Å². The summed E-state index contributed by atoms with van der Waals surface area (Å²) in [6.07, 6.45) is 0. The van der Waals surface area contributed by atoms with Crippen LogP contribution < -0.4 is 5.32 Å². The number of para-hydroxylation sites is 5. The van der Waals surface area contributed by atoms with Gasteiger partial charge in [0.05, 0.1) is 16.7 Å². The zero-order valence-corrected chi connectivity index (χ0v) is 24.1. The number of furan rings is 1. The summed E-state index contributed by atoms with van der Waals surface area (Å²) in [5.74, 6) is 0. The first-order valence-corrected chi connectivity index (χ1v) is 14.6. The van der Waals surface area contributed by atoms with Crippen LogP contribution in [0.25, 0.3) is 60.6 Å². The second-order valence-corrected chi connectivity index (χ2v) is 10.3. The standard InChI is InChI=1S/C37H26N2O.C2H6/c1-24-11-5-7-18-32(24)38-33-19-10-17-30-29-16-9-15-27(36(29)40-37(30)33)25-21-22-35-31(23-25)28-14-6-8-20-34(28)39(35)26-12-3-2-4-13-26;1-2/h2-23,38H,1H3;1-2H3. The molecule has 0 amide bonds. The zero-order valence-electron chi connectivity index (χ0n) is 24.1. The van der Waals surface area contributed by atoms with Crippen LogP contribution in [0.2, 0.25) is 0 Å². The average Bonchev–Trinajstić information content (AvgIpc) is 3.60. The molecule has 0 saturated carbocycles. The minimum Gasteiger partial charge on any atom is -0.453 e. The minimum atomic E-state index is 0.870. The maximum Gasteiger partial charge on any atom is 0.158 e. The summed E-state index contributed by atoms with van der Waals surface area (Å²) in [7, 11) is 0. The Morgan fingerprint density at radius 1 is 0.524 bits per heavy atom. The van der Waals surface area contributed by atoms with Gasteiger partial charge >= 0.3 is 0 Å². The third-order valence-corrected chi connectivity index (χ3v) is 7.94. The molecule has 1 N–H and O–H groups in total. The van der Waals surface area contributed by atoms with E-state index in [2.05, 4.69) is 150 Å². The molecule has 0 radical (unpaired) electrons. The van der Waals surface area contributed by atoms with Gasteiger partial charge in [0.1, 0.15) is 5.58 Å². The van der Waals surface area contributed by atoms with Crippen LogP contribution in [0.3, 0.4) is 0 Å². The fraction of sp³-hybridized carbons (Fsp3) is 0.0769. The van der Waals surface area contributed by atoms with E-state index in [0.29, 0.717) is 0 Å². The SMILES string of the molecule is CC.Cc1ccccc1Nc1cccc2c1oc1c(-c3ccc4c(c3)c3ccccc3n4-c3ccccc3)cccc12. The molecule has 8 rings (SSSR count). The van der Waals surface area contributed by atoms with Crippen LogP contribution in [0, 0.1) is 6.92 Å². The molecule has 0 aliphatic carbocycles. The molecule has 0 unspecified atom stereocenters. The number of nitrogens with one attached hydrogen (secondary N) is 1. The van der Waals surface area contributed by atoms with Gasteiger partial charge in [-0.25, -0.2) is 0 Å². The van der Waals surface area contributed by atoms with Crippen molar-refractivity contribution in [2.45, 2.75) is 20.8 Å². The second kappa shape index (κ2) is 10.6. The molecule has 2 heterocycles. The second-order valence-electron chi connectivity index (χ2n) is 10.3. The summed E-state index contributed by atoms with van der Waals surface area (Å²) in [6.45, 7) is 6.12. The van der Waals surface area contributed by atoms with Crippen molar-refractivity contribution in [1.29, 1.82) is 0 Å². The van der Waals surface area contributed by atoms with Crippen LogP contribution in [0.1, 0.15) is 19.4 Å². The highest BCUT2D eigenvalue weighted by atomic mass is 16.3. The monoisotopic (exact) mass is 544 g/mol. The van der Waals surface area contributed by atoms with Gasteiger partial charge in [-0.3, -0.25) is 0 Å². The highest BCUT2D eigenvalue weighted by Gasteiger charge is 2.17. The molecule has 0 fully saturated rings. The summed E-state index contributed by atoms with van der Waals surface area (Å²) in [5.41, 5.74) is 10.8. The number of benzene rings is 6. The molecule has 3 nitrogen and oxygen atoms in total. The van der Waals surface area contributed by atoms with Crippen LogP contribution in [0.15, 0.2) is 138 Å². The minimum absolute atomic E-state index is 0.870. The lowest BCUT2D eigenvalue weighted by Crippen LogP contribution is -1.92. The Hall–Kier alpha value is -5.28. The number of hydrogen-bond donors (Lipinski definition) is 1. The van der Waals surface area contributed by atoms with E-state index in [1.807, 2.05) is 13.8 Å². The topological polar surface area (TPSA) is 30.1 Å². The first-order valence-electron chi connectivity index (χ1n) is 14.6. The molecule has 0 spiro atoms. The lowest BCUT2D eigenvalue weighted by Gasteiger charge is -2.09. The maximum atomic E-state index is 6.69. The van der Waals surface area contributed by atoms with Crippen LogP contribution in [-0.2, 0) is 0 Å². The zero-order chi connectivity index (χ0) is 28.6. The Morgan fingerprint density at radius 3 is 2.00 bits per heavy atom. The van der Waals surface area contributed by atoms with E-state index >= 15 is 0 Å². The van der Waals surface area contributed by atoms with Crippen LogP contribution >= 0.6 is 0 Å². The lowest BCUT2D eigenvalue weighted by atomic mass is 10.00. The van der Waals surface area contributed by atoms with Crippen molar-refractivity contribution in [2.75, 3.05) is 5.32 Å². The molecule has 0 saturated heterocycles. The van der Waals surface area contributed by atoms with Gasteiger partial charge < -0.3 is 14.3 Å². The molecule has 42 heavy (non-hydrogen) atoms. The largest absolute Gasteiger partial charge is 0.453 e. The molecule has 3 heteroatoms. The Bertz CT molecular complexity index is 2200. The number of hydrogen-bond acceptors (Lipinski definition) is 2. The molecule has 0 aliphatic rings. The van der Waals surface area contributed by atoms with Crippen molar-refractivity contribution < 1.29 is 4.42 Å². The maximum absolute atomic E-state index is 6.69. The predicted octanol–water partition coefficient (Wildman–Crippen LogP) is 11.4. The highest BCUT2D eigenvalue weighted by molar-refractivity contribution is 6.14. The summed E-state index contributed by atoms with van der Waals surface area (Å²) < 4.78 is 9.03. The molecule has 8 aromatic rings. The fourth-order valence-electron chi connectivity index (χ4n) is 6.00. The van der Waals surface area contributed by atoms with E-state index < -0.39 is 0 Å². The van der Waals surface area contributed by atoms with Crippen molar-refractivity contribution in [3.8, 4) is 16.8 Å². The molecule has 0 aliphatic heterocycles. The average molecular weight is 545 g/mol. The van der Waals surface area contributed by atoms with Crippen LogP contribution in [-0.4, -0.2) is 4.57 Å². The van der Waals surface area contributed by atoms with Crippen molar-refractivity contribution in [2.24, 2.45) is 0 Å². The van der Waals surface area contributed by atoms with E-state index in [1.54, 1.807) is 0 Å². The summed E-state index contributed by atoms with van der Waals surface area (Å²) >= 11 is 0. The van der Waals surface area contributed by atoms with Gasteiger partial charge in [0, 0.05) is 38.5 Å². The molecule has 2 aromatic heterocycles. The number of aryl methyl sites for hydroxylation is 1. The van der Waals surface area contributed by atoms with Crippen molar-refractivity contribution in [3.63, 3.8) is 0 Å². The number of fused-ring (bicyclic) bond motifs is 6. The molecular formula is C39H32N2O. The quantitative estimate of drug-likeness (QED) is 0.239. The van der Waals surface area contributed by atoms with E-state index in [0.717, 1.165) is 50.1 Å². The van der Waals surface area contributed by atoms with Gasteiger partial charge in [0.15, 0.2) is 5.58 Å². The first-order chi connectivity index (χ1) is 20.8. The smallest absolute Gasteiger partial charge is 0.158 e. The van der Waals surface area contributed by atoms with Gasteiger partial charge in [-0.05, 0) is 60.5 Å². The number of anilines is 2. The molecule has 0 bridgehead atoms. The summed E-state index contributed by atoms with van der Waals surface area (Å²) in [5, 5.41) is 8.30. The number of nitrogens with zero attached hydrogens (tertiary/aromatic N) is 1. The van der Waals surface area contributed by atoms with Gasteiger partial charge in [0.2, 0.25) is 0 Å². The Kier molecular flexibility index (Phi) is 6.48. The van der Waals surface area contributed by atoms with Crippen molar-refractivity contribution in [3.05, 3.63) is 139 Å². The van der Waals surface area contributed by atoms with Crippen molar-refractivity contribution >= 4 is 55.1 Å². The van der Waals surface area contributed by atoms with E-state index in [-0.39, 0.29) is 0 Å². The third-order valence-electron chi connectivity index (χ3n) is 7.94. The molecule has 0 atom stereocenters. The highest BCUT2D eigenvalue weighted by Crippen LogP contribution is 2.41. The van der Waals surface area contributed by atoms with Gasteiger partial charge in [-0.1, -0.05) is 105 Å². The van der Waals surface area contributed by atoms with Crippen LogP contribution in [0.4, 0.5) is 11.4 Å². The molecule has 204 valence electrons. The first kappa shape index (κ1) is 25.7. The van der Waals surface area contributed by atoms with E-state index in [4.69, 9.17) is 4.42 Å². The predicted molar refractivity (Wildman–Crippen MR) is 179 cm³/mol. The summed E-state index contributed by atoms with van der Waals surface area (Å²) in [6, 6.07) is 47.1. The lowest BCUT2D eigenvalue weighted by molar-refractivity contribution is 0.671. The normalized spacial score (nSPS) is 11.2.